The van der Waals surface area contributed by atoms with Crippen LogP contribution in [0.5, 0.6) is 5.75 Å². The molecule has 5 heteroatoms. The van der Waals surface area contributed by atoms with Crippen LogP contribution in [0.1, 0.15) is 6.92 Å². The molecule has 0 bridgehead atoms. The predicted octanol–water partition coefficient (Wildman–Crippen LogP) is 2.74. The molecule has 1 aromatic rings. The minimum absolute atomic E-state index is 0.146. The van der Waals surface area contributed by atoms with E-state index in [4.69, 9.17) is 33.1 Å². The Balaban J connectivity index is 2.58. The van der Waals surface area contributed by atoms with Crippen molar-refractivity contribution in [3.05, 3.63) is 28.2 Å². The van der Waals surface area contributed by atoms with Gasteiger partial charge in [0.1, 0.15) is 12.4 Å². The SMILES string of the molecule is CC(COc1cc(Cl)cc(Cl)c1)NO. The topological polar surface area (TPSA) is 41.5 Å². The second-order valence-electron chi connectivity index (χ2n) is 2.95. The van der Waals surface area contributed by atoms with Gasteiger partial charge in [0.05, 0.1) is 6.04 Å². The second kappa shape index (κ2) is 5.41. The van der Waals surface area contributed by atoms with E-state index < -0.39 is 0 Å². The van der Waals surface area contributed by atoms with Crippen molar-refractivity contribution >= 4 is 23.2 Å². The molecule has 0 fully saturated rings. The summed E-state index contributed by atoms with van der Waals surface area (Å²) in [6, 6.07) is 4.81. The van der Waals surface area contributed by atoms with Gasteiger partial charge < -0.3 is 9.94 Å². The van der Waals surface area contributed by atoms with Crippen LogP contribution < -0.4 is 10.2 Å². The molecule has 0 saturated heterocycles. The Bertz CT molecular complexity index is 287. The smallest absolute Gasteiger partial charge is 0.122 e. The van der Waals surface area contributed by atoms with Crippen molar-refractivity contribution in [2.75, 3.05) is 6.61 Å². The molecule has 2 N–H and O–H groups in total. The molecule has 1 atom stereocenters. The minimum atomic E-state index is -0.146. The Kier molecular flexibility index (Phi) is 4.48. The number of hydrogen-bond acceptors (Lipinski definition) is 3. The first-order chi connectivity index (χ1) is 6.61. The molecular formula is C9H11Cl2NO2. The van der Waals surface area contributed by atoms with Crippen LogP contribution in [0.2, 0.25) is 10.0 Å². The molecule has 0 aliphatic carbocycles. The van der Waals surface area contributed by atoms with Gasteiger partial charge in [-0.2, -0.15) is 5.48 Å². The predicted molar refractivity (Wildman–Crippen MR) is 56.3 cm³/mol. The van der Waals surface area contributed by atoms with Crippen molar-refractivity contribution in [2.24, 2.45) is 0 Å². The summed E-state index contributed by atoms with van der Waals surface area (Å²) in [6.07, 6.45) is 0. The van der Waals surface area contributed by atoms with E-state index in [9.17, 15) is 0 Å². The van der Waals surface area contributed by atoms with Gasteiger partial charge in [0, 0.05) is 10.0 Å². The number of nitrogens with one attached hydrogen (secondary N) is 1. The Hall–Kier alpha value is -0.480. The van der Waals surface area contributed by atoms with Gasteiger partial charge in [0.15, 0.2) is 0 Å². The lowest BCUT2D eigenvalue weighted by atomic mass is 10.3. The van der Waals surface area contributed by atoms with Crippen LogP contribution in [0.15, 0.2) is 18.2 Å². The Labute approximate surface area is 92.5 Å². The summed E-state index contributed by atoms with van der Waals surface area (Å²) in [7, 11) is 0. The molecule has 0 aliphatic heterocycles. The summed E-state index contributed by atoms with van der Waals surface area (Å²) >= 11 is 11.5. The molecule has 0 aromatic heterocycles. The van der Waals surface area contributed by atoms with E-state index in [2.05, 4.69) is 5.48 Å². The normalized spacial score (nSPS) is 12.6. The third-order valence-electron chi connectivity index (χ3n) is 1.56. The van der Waals surface area contributed by atoms with Gasteiger partial charge in [-0.25, -0.2) is 0 Å². The lowest BCUT2D eigenvalue weighted by Gasteiger charge is -2.11. The van der Waals surface area contributed by atoms with E-state index >= 15 is 0 Å². The fourth-order valence-electron chi connectivity index (χ4n) is 0.870. The Morgan fingerprint density at radius 1 is 1.36 bits per heavy atom. The summed E-state index contributed by atoms with van der Waals surface area (Å²) in [5.41, 5.74) is 2.07. The van der Waals surface area contributed by atoms with Crippen LogP contribution in [0.3, 0.4) is 0 Å². The first-order valence-corrected chi connectivity index (χ1v) is 4.86. The van der Waals surface area contributed by atoms with Crippen LogP contribution in [0, 0.1) is 0 Å². The van der Waals surface area contributed by atoms with E-state index in [0.717, 1.165) is 0 Å². The van der Waals surface area contributed by atoms with Crippen LogP contribution in [0.25, 0.3) is 0 Å². The van der Waals surface area contributed by atoms with Crippen molar-refractivity contribution in [3.63, 3.8) is 0 Å². The zero-order chi connectivity index (χ0) is 10.6. The molecule has 78 valence electrons. The molecule has 0 saturated carbocycles. The first-order valence-electron chi connectivity index (χ1n) is 4.10. The third kappa shape index (κ3) is 3.72. The highest BCUT2D eigenvalue weighted by Gasteiger charge is 2.02. The van der Waals surface area contributed by atoms with Crippen LogP contribution in [-0.4, -0.2) is 17.9 Å². The van der Waals surface area contributed by atoms with Crippen molar-refractivity contribution in [3.8, 4) is 5.75 Å². The van der Waals surface area contributed by atoms with Crippen molar-refractivity contribution in [1.82, 2.24) is 5.48 Å². The lowest BCUT2D eigenvalue weighted by Crippen LogP contribution is -2.28. The molecule has 1 rings (SSSR count). The molecule has 0 aliphatic rings. The second-order valence-corrected chi connectivity index (χ2v) is 3.82. The molecule has 3 nitrogen and oxygen atoms in total. The number of halogens is 2. The number of hydroxylamine groups is 1. The van der Waals surface area contributed by atoms with Crippen LogP contribution in [-0.2, 0) is 0 Å². The maximum atomic E-state index is 8.54. The summed E-state index contributed by atoms with van der Waals surface area (Å²) in [6.45, 7) is 2.12. The fraction of sp³-hybridized carbons (Fsp3) is 0.333. The minimum Gasteiger partial charge on any atom is -0.492 e. The molecule has 0 amide bonds. The maximum Gasteiger partial charge on any atom is 0.122 e. The monoisotopic (exact) mass is 235 g/mol. The molecule has 1 aromatic carbocycles. The highest BCUT2D eigenvalue weighted by Crippen LogP contribution is 2.24. The third-order valence-corrected chi connectivity index (χ3v) is 1.99. The van der Waals surface area contributed by atoms with Crippen molar-refractivity contribution in [2.45, 2.75) is 13.0 Å². The highest BCUT2D eigenvalue weighted by atomic mass is 35.5. The summed E-state index contributed by atoms with van der Waals surface area (Å²) in [4.78, 5) is 0. The Morgan fingerprint density at radius 2 is 1.93 bits per heavy atom. The lowest BCUT2D eigenvalue weighted by molar-refractivity contribution is 0.105. The highest BCUT2D eigenvalue weighted by molar-refractivity contribution is 6.34. The Morgan fingerprint density at radius 3 is 2.43 bits per heavy atom. The van der Waals surface area contributed by atoms with Gasteiger partial charge in [-0.15, -0.1) is 0 Å². The maximum absolute atomic E-state index is 8.54. The van der Waals surface area contributed by atoms with Crippen LogP contribution in [0.4, 0.5) is 0 Å². The van der Waals surface area contributed by atoms with Gasteiger partial charge in [-0.3, -0.25) is 0 Å². The number of hydrogen-bond donors (Lipinski definition) is 2. The van der Waals surface area contributed by atoms with Gasteiger partial charge in [0.2, 0.25) is 0 Å². The molecule has 14 heavy (non-hydrogen) atoms. The molecular weight excluding hydrogens is 225 g/mol. The van der Waals surface area contributed by atoms with E-state index in [1.807, 2.05) is 0 Å². The van der Waals surface area contributed by atoms with Gasteiger partial charge in [-0.05, 0) is 25.1 Å². The fourth-order valence-corrected chi connectivity index (χ4v) is 1.38. The van der Waals surface area contributed by atoms with Crippen molar-refractivity contribution in [1.29, 1.82) is 0 Å². The van der Waals surface area contributed by atoms with Crippen LogP contribution >= 0.6 is 23.2 Å². The largest absolute Gasteiger partial charge is 0.492 e. The average molecular weight is 236 g/mol. The number of benzene rings is 1. The van der Waals surface area contributed by atoms with Gasteiger partial charge in [0.25, 0.3) is 0 Å². The van der Waals surface area contributed by atoms with Crippen molar-refractivity contribution < 1.29 is 9.94 Å². The molecule has 0 heterocycles. The van der Waals surface area contributed by atoms with E-state index in [1.165, 1.54) is 0 Å². The summed E-state index contributed by atoms with van der Waals surface area (Å²) < 4.78 is 5.33. The van der Waals surface area contributed by atoms with E-state index in [0.29, 0.717) is 22.4 Å². The molecule has 0 spiro atoms. The molecule has 1 unspecified atom stereocenters. The zero-order valence-corrected chi connectivity index (χ0v) is 9.14. The van der Waals surface area contributed by atoms with E-state index in [-0.39, 0.29) is 6.04 Å². The standard InChI is InChI=1S/C9H11Cl2NO2/c1-6(12-13)5-14-9-3-7(10)2-8(11)4-9/h2-4,6,12-13H,5H2,1H3. The van der Waals surface area contributed by atoms with E-state index in [1.54, 1.807) is 25.1 Å². The molecule has 0 radical (unpaired) electrons. The number of rotatable bonds is 4. The van der Waals surface area contributed by atoms with Gasteiger partial charge in [-0.1, -0.05) is 23.2 Å². The summed E-state index contributed by atoms with van der Waals surface area (Å²) in [5, 5.41) is 9.59. The zero-order valence-electron chi connectivity index (χ0n) is 7.63. The van der Waals surface area contributed by atoms with Gasteiger partial charge >= 0.3 is 0 Å². The summed E-state index contributed by atoms with van der Waals surface area (Å²) in [5.74, 6) is 0.588. The first kappa shape index (κ1) is 11.6. The average Bonchev–Trinajstić information content (AvgIpc) is 2.12. The quantitative estimate of drug-likeness (QED) is 0.789. The number of ether oxygens (including phenoxy) is 1.